The number of nitrogens with one attached hydrogen (secondary N) is 1. The first-order chi connectivity index (χ1) is 2.56. The van der Waals surface area contributed by atoms with Gasteiger partial charge in [-0.2, -0.15) is 0 Å². The Labute approximate surface area is 36.6 Å². The highest BCUT2D eigenvalue weighted by atomic mass is 16.5. The Morgan fingerprint density at radius 2 is 1.83 bits per heavy atom. The summed E-state index contributed by atoms with van der Waals surface area (Å²) in [6.07, 6.45) is 0. The van der Waals surface area contributed by atoms with E-state index in [0.717, 1.165) is 0 Å². The third-order valence-electron chi connectivity index (χ3n) is 0.335. The van der Waals surface area contributed by atoms with E-state index in [1.807, 2.05) is 5.32 Å². The number of hydrogen-bond donors (Lipinski definition) is 3. The lowest BCUT2D eigenvalue weighted by Crippen LogP contribution is -2.37. The quantitative estimate of drug-likeness (QED) is 0.363. The van der Waals surface area contributed by atoms with Gasteiger partial charge in [0.1, 0.15) is 0 Å². The molecule has 0 amide bonds. The van der Waals surface area contributed by atoms with Gasteiger partial charge >= 0.3 is 0 Å². The Hall–Kier alpha value is -0.120. The maximum atomic E-state index is 8.21. The predicted molar refractivity (Wildman–Crippen MR) is 21.3 cm³/mol. The van der Waals surface area contributed by atoms with Crippen molar-refractivity contribution < 1.29 is 10.2 Å². The molecule has 0 saturated carbocycles. The first-order valence-corrected chi connectivity index (χ1v) is 1.55. The van der Waals surface area contributed by atoms with Gasteiger partial charge in [0.2, 0.25) is 5.91 Å². The molecule has 0 atom stereocenters. The summed E-state index contributed by atoms with van der Waals surface area (Å²) in [5.41, 5.74) is 0. The lowest BCUT2D eigenvalue weighted by Gasteiger charge is -2.11. The van der Waals surface area contributed by atoms with Gasteiger partial charge in [0.05, 0.1) is 0 Å². The van der Waals surface area contributed by atoms with Crippen LogP contribution in [-0.2, 0) is 0 Å². The van der Waals surface area contributed by atoms with Gasteiger partial charge in [-0.3, -0.25) is 5.32 Å². The highest BCUT2D eigenvalue weighted by Crippen LogP contribution is 1.84. The van der Waals surface area contributed by atoms with E-state index in [1.165, 1.54) is 6.92 Å². The average Bonchev–Trinajstić information content (AvgIpc) is 1.35. The van der Waals surface area contributed by atoms with Gasteiger partial charge in [-0.05, 0) is 0 Å². The van der Waals surface area contributed by atoms with E-state index in [2.05, 4.69) is 7.05 Å². The topological polar surface area (TPSA) is 52.5 Å². The van der Waals surface area contributed by atoms with Crippen molar-refractivity contribution >= 4 is 0 Å². The Balaban J connectivity index is 3.17. The second kappa shape index (κ2) is 1.55. The van der Waals surface area contributed by atoms with Crippen LogP contribution in [-0.4, -0.2) is 16.1 Å². The van der Waals surface area contributed by atoms with Crippen molar-refractivity contribution in [1.29, 1.82) is 0 Å². The summed E-state index contributed by atoms with van der Waals surface area (Å²) >= 11 is 0. The minimum Gasteiger partial charge on any atom is -0.354 e. The smallest absolute Gasteiger partial charge is 0.219 e. The summed E-state index contributed by atoms with van der Waals surface area (Å²) in [7, 11) is 3.01. The van der Waals surface area contributed by atoms with Crippen LogP contribution >= 0.6 is 0 Å². The van der Waals surface area contributed by atoms with Crippen LogP contribution in [0.15, 0.2) is 0 Å². The zero-order valence-corrected chi connectivity index (χ0v) is 3.60. The van der Waals surface area contributed by atoms with Crippen LogP contribution in [0.5, 0.6) is 0 Å². The molecule has 0 bridgehead atoms. The minimum atomic E-state index is -1.82. The van der Waals surface area contributed by atoms with Crippen molar-refractivity contribution in [3.8, 4) is 0 Å². The third-order valence-corrected chi connectivity index (χ3v) is 0.335. The average molecular weight is 90.1 g/mol. The zero-order chi connectivity index (χ0) is 5.21. The van der Waals surface area contributed by atoms with E-state index in [1.54, 1.807) is 0 Å². The summed E-state index contributed by atoms with van der Waals surface area (Å²) in [5.74, 6) is -1.82. The van der Waals surface area contributed by atoms with E-state index >= 15 is 0 Å². The van der Waals surface area contributed by atoms with E-state index in [0.29, 0.717) is 0 Å². The van der Waals surface area contributed by atoms with Crippen molar-refractivity contribution in [3.63, 3.8) is 0 Å². The molecule has 0 saturated heterocycles. The van der Waals surface area contributed by atoms with Crippen LogP contribution in [0.3, 0.4) is 0 Å². The zero-order valence-electron chi connectivity index (χ0n) is 3.60. The Morgan fingerprint density at radius 3 is 1.83 bits per heavy atom. The molecule has 0 rings (SSSR count). The lowest BCUT2D eigenvalue weighted by molar-refractivity contribution is -0.161. The first kappa shape index (κ1) is 5.88. The summed E-state index contributed by atoms with van der Waals surface area (Å²) in [6.45, 7) is 1.18. The highest BCUT2D eigenvalue weighted by Gasteiger charge is 2.07. The van der Waals surface area contributed by atoms with Crippen molar-refractivity contribution in [1.82, 2.24) is 5.32 Å². The first-order valence-electron chi connectivity index (χ1n) is 1.55. The maximum Gasteiger partial charge on any atom is 0.219 e. The Morgan fingerprint density at radius 1 is 1.67 bits per heavy atom. The fraction of sp³-hybridized carbons (Fsp3) is 0.667. The minimum absolute atomic E-state index is 1.18. The van der Waals surface area contributed by atoms with Gasteiger partial charge in [-0.25, -0.2) is 0 Å². The fourth-order valence-electron chi connectivity index (χ4n) is 0. The van der Waals surface area contributed by atoms with Crippen LogP contribution in [0.4, 0.5) is 0 Å². The third kappa shape index (κ3) is 3.88. The van der Waals surface area contributed by atoms with Gasteiger partial charge in [0.25, 0.3) is 0 Å². The van der Waals surface area contributed by atoms with Crippen molar-refractivity contribution in [2.24, 2.45) is 0 Å². The molecular weight excluding hydrogens is 82.0 g/mol. The predicted octanol–water partition coefficient (Wildman–Crippen LogP) is -0.974. The van der Waals surface area contributed by atoms with Crippen molar-refractivity contribution in [3.05, 3.63) is 7.05 Å². The second-order valence-corrected chi connectivity index (χ2v) is 1.20. The molecule has 0 aliphatic rings. The molecule has 37 valence electrons. The maximum absolute atomic E-state index is 8.21. The Bertz CT molecular complexity index is 38.5. The van der Waals surface area contributed by atoms with Crippen LogP contribution < -0.4 is 5.32 Å². The van der Waals surface area contributed by atoms with Gasteiger partial charge in [0.15, 0.2) is 0 Å². The fourth-order valence-corrected chi connectivity index (χ4v) is 0. The van der Waals surface area contributed by atoms with Crippen molar-refractivity contribution in [2.45, 2.75) is 12.8 Å². The molecule has 6 heavy (non-hydrogen) atoms. The molecule has 0 heterocycles. The molecule has 3 nitrogen and oxygen atoms in total. The molecule has 0 aromatic carbocycles. The van der Waals surface area contributed by atoms with E-state index < -0.39 is 5.91 Å². The molecule has 0 aromatic heterocycles. The normalized spacial score (nSPS) is 12.0. The van der Waals surface area contributed by atoms with Gasteiger partial charge < -0.3 is 10.2 Å². The van der Waals surface area contributed by atoms with Crippen LogP contribution in [0, 0.1) is 7.05 Å². The van der Waals surface area contributed by atoms with E-state index in [-0.39, 0.29) is 0 Å². The molecule has 0 aliphatic carbocycles. The van der Waals surface area contributed by atoms with Gasteiger partial charge in [0, 0.05) is 14.0 Å². The van der Waals surface area contributed by atoms with Crippen molar-refractivity contribution in [2.75, 3.05) is 0 Å². The number of rotatable bonds is 1. The number of aliphatic hydroxyl groups is 2. The monoisotopic (exact) mass is 90.1 g/mol. The van der Waals surface area contributed by atoms with Crippen LogP contribution in [0.1, 0.15) is 6.92 Å². The molecule has 0 unspecified atom stereocenters. The van der Waals surface area contributed by atoms with E-state index in [9.17, 15) is 0 Å². The molecule has 0 fully saturated rings. The molecule has 0 spiro atoms. The van der Waals surface area contributed by atoms with Crippen LogP contribution in [0.25, 0.3) is 0 Å². The van der Waals surface area contributed by atoms with Crippen LogP contribution in [0.2, 0.25) is 0 Å². The summed E-state index contributed by atoms with van der Waals surface area (Å²) < 4.78 is 0. The van der Waals surface area contributed by atoms with E-state index in [4.69, 9.17) is 10.2 Å². The molecule has 1 radical (unpaired) electrons. The second-order valence-electron chi connectivity index (χ2n) is 1.20. The summed E-state index contributed by atoms with van der Waals surface area (Å²) in [6, 6.07) is 0. The highest BCUT2D eigenvalue weighted by molar-refractivity contribution is 4.47. The summed E-state index contributed by atoms with van der Waals surface area (Å²) in [4.78, 5) is 0. The largest absolute Gasteiger partial charge is 0.354 e. The molecule has 3 heteroatoms. The standard InChI is InChI=1S/C3H8NO2/c1-3(5,6)4-2/h4-6H,2H2,1H3. The summed E-state index contributed by atoms with van der Waals surface area (Å²) in [5, 5.41) is 18.4. The molecular formula is C3H8NO2. The molecule has 3 N–H and O–H groups in total. The SMILES string of the molecule is [CH2]NC(C)(O)O. The molecule has 0 aliphatic heterocycles. The lowest BCUT2D eigenvalue weighted by atomic mass is 10.6. The Kier molecular flexibility index (Phi) is 1.52. The number of hydrogen-bond acceptors (Lipinski definition) is 3. The van der Waals surface area contributed by atoms with Gasteiger partial charge in [-0.1, -0.05) is 0 Å². The molecule has 0 aromatic rings. The van der Waals surface area contributed by atoms with Gasteiger partial charge in [-0.15, -0.1) is 0 Å².